The van der Waals surface area contributed by atoms with Gasteiger partial charge in [0.05, 0.1) is 13.2 Å². The van der Waals surface area contributed by atoms with Crippen LogP contribution < -0.4 is 10.1 Å². The molecule has 0 radical (unpaired) electrons. The quantitative estimate of drug-likeness (QED) is 0.484. The van der Waals surface area contributed by atoms with Crippen molar-refractivity contribution >= 4 is 5.96 Å². The van der Waals surface area contributed by atoms with Crippen LogP contribution in [0.2, 0.25) is 0 Å². The smallest absolute Gasteiger partial charge is 0.193 e. The summed E-state index contributed by atoms with van der Waals surface area (Å²) in [4.78, 5) is 6.82. The second-order valence-corrected chi connectivity index (χ2v) is 6.86. The lowest BCUT2D eigenvalue weighted by molar-refractivity contribution is 0.146. The predicted molar refractivity (Wildman–Crippen MR) is 98.1 cm³/mol. The highest BCUT2D eigenvalue weighted by Gasteiger charge is 2.42. The Morgan fingerprint density at radius 3 is 2.80 bits per heavy atom. The van der Waals surface area contributed by atoms with E-state index < -0.39 is 0 Å². The first-order valence-corrected chi connectivity index (χ1v) is 8.99. The van der Waals surface area contributed by atoms with E-state index in [2.05, 4.69) is 27.3 Å². The summed E-state index contributed by atoms with van der Waals surface area (Å²) >= 11 is 0. The van der Waals surface area contributed by atoms with Crippen LogP contribution in [0.5, 0.6) is 5.75 Å². The fraction of sp³-hybridized carbons (Fsp3) is 0.632. The molecule has 2 saturated heterocycles. The van der Waals surface area contributed by atoms with Gasteiger partial charge in [-0.2, -0.15) is 0 Å². The Morgan fingerprint density at radius 1 is 1.28 bits per heavy atom. The average Bonchev–Trinajstić information content (AvgIpc) is 3.27. The molecule has 0 aromatic heterocycles. The summed E-state index contributed by atoms with van der Waals surface area (Å²) < 4.78 is 16.2. The number of hydrogen-bond acceptors (Lipinski definition) is 4. The van der Waals surface area contributed by atoms with Gasteiger partial charge in [-0.15, -0.1) is 0 Å². The summed E-state index contributed by atoms with van der Waals surface area (Å²) in [6.07, 6.45) is 2.37. The molecule has 1 aromatic rings. The van der Waals surface area contributed by atoms with Gasteiger partial charge in [-0.25, -0.2) is 0 Å². The molecule has 2 aliphatic rings. The summed E-state index contributed by atoms with van der Waals surface area (Å²) in [5.41, 5.74) is 1.55. The van der Waals surface area contributed by atoms with Crippen LogP contribution in [-0.2, 0) is 16.0 Å². The maximum atomic E-state index is 5.61. The van der Waals surface area contributed by atoms with Crippen LogP contribution in [0.1, 0.15) is 18.4 Å². The maximum absolute atomic E-state index is 5.61. The first-order valence-electron chi connectivity index (χ1n) is 8.99. The molecule has 0 saturated carbocycles. The Bertz CT molecular complexity index is 568. The number of aliphatic imine (C=N–C) groups is 1. The Kier molecular flexibility index (Phi) is 6.15. The minimum atomic E-state index is 0.346. The first kappa shape index (κ1) is 18.0. The van der Waals surface area contributed by atoms with E-state index in [1.54, 1.807) is 7.11 Å². The molecule has 6 nitrogen and oxygen atoms in total. The molecule has 1 unspecified atom stereocenters. The summed E-state index contributed by atoms with van der Waals surface area (Å²) in [5.74, 6) is 1.84. The minimum absolute atomic E-state index is 0.346. The summed E-state index contributed by atoms with van der Waals surface area (Å²) in [5, 5.41) is 3.48. The Morgan fingerprint density at radius 2 is 2.12 bits per heavy atom. The van der Waals surface area contributed by atoms with E-state index in [-0.39, 0.29) is 0 Å². The van der Waals surface area contributed by atoms with Crippen LogP contribution >= 0.6 is 0 Å². The number of likely N-dealkylation sites (tertiary alicyclic amines) is 1. The lowest BCUT2D eigenvalue weighted by Gasteiger charge is -2.25. The van der Waals surface area contributed by atoms with E-state index >= 15 is 0 Å². The van der Waals surface area contributed by atoms with E-state index in [1.165, 1.54) is 18.4 Å². The van der Waals surface area contributed by atoms with E-state index in [0.717, 1.165) is 44.6 Å². The third-order valence-corrected chi connectivity index (χ3v) is 5.06. The zero-order valence-corrected chi connectivity index (χ0v) is 15.3. The standard InChI is InChI=1S/C19H29N3O3/c1-20-18(22-9-7-19(14-22)8-10-24-15-19)21-13-16-3-5-17(6-4-16)25-12-11-23-2/h3-6H,7-15H2,1-2H3,(H,20,21). The molecule has 1 aromatic carbocycles. The maximum Gasteiger partial charge on any atom is 0.193 e. The van der Waals surface area contributed by atoms with E-state index in [4.69, 9.17) is 14.2 Å². The van der Waals surface area contributed by atoms with Crippen molar-refractivity contribution in [1.82, 2.24) is 10.2 Å². The van der Waals surface area contributed by atoms with Gasteiger partial charge < -0.3 is 24.4 Å². The number of methoxy groups -OCH3 is 1. The van der Waals surface area contributed by atoms with Crippen LogP contribution in [0.4, 0.5) is 0 Å². The number of rotatable bonds is 6. The molecular weight excluding hydrogens is 318 g/mol. The van der Waals surface area contributed by atoms with Crippen molar-refractivity contribution in [2.75, 3.05) is 53.7 Å². The van der Waals surface area contributed by atoms with Crippen molar-refractivity contribution in [2.24, 2.45) is 10.4 Å². The highest BCUT2D eigenvalue weighted by molar-refractivity contribution is 5.80. The lowest BCUT2D eigenvalue weighted by atomic mass is 9.87. The van der Waals surface area contributed by atoms with Crippen LogP contribution in [0, 0.1) is 5.41 Å². The Balaban J connectivity index is 1.48. The number of hydrogen-bond donors (Lipinski definition) is 1. The molecule has 138 valence electrons. The fourth-order valence-corrected chi connectivity index (χ4v) is 3.55. The molecule has 1 N–H and O–H groups in total. The van der Waals surface area contributed by atoms with Crippen molar-refractivity contribution in [3.8, 4) is 5.75 Å². The fourth-order valence-electron chi connectivity index (χ4n) is 3.55. The molecular formula is C19H29N3O3. The molecule has 3 rings (SSSR count). The summed E-state index contributed by atoms with van der Waals surface area (Å²) in [6.45, 7) is 5.81. The predicted octanol–water partition coefficient (Wildman–Crippen LogP) is 1.90. The first-order chi connectivity index (χ1) is 12.2. The number of benzene rings is 1. The second-order valence-electron chi connectivity index (χ2n) is 6.86. The van der Waals surface area contributed by atoms with Crippen LogP contribution in [0.25, 0.3) is 0 Å². The zero-order chi connectivity index (χ0) is 17.5. The van der Waals surface area contributed by atoms with Gasteiger partial charge in [0.1, 0.15) is 12.4 Å². The van der Waals surface area contributed by atoms with Crippen molar-refractivity contribution < 1.29 is 14.2 Å². The zero-order valence-electron chi connectivity index (χ0n) is 15.3. The van der Waals surface area contributed by atoms with Crippen molar-refractivity contribution in [3.63, 3.8) is 0 Å². The van der Waals surface area contributed by atoms with Crippen LogP contribution in [0.3, 0.4) is 0 Å². The van der Waals surface area contributed by atoms with Gasteiger partial charge in [-0.1, -0.05) is 12.1 Å². The second kappa shape index (κ2) is 8.54. The van der Waals surface area contributed by atoms with E-state index in [0.29, 0.717) is 18.6 Å². The number of nitrogens with zero attached hydrogens (tertiary/aromatic N) is 2. The largest absolute Gasteiger partial charge is 0.491 e. The van der Waals surface area contributed by atoms with Gasteiger partial charge >= 0.3 is 0 Å². The third kappa shape index (κ3) is 4.64. The molecule has 0 aliphatic carbocycles. The van der Waals surface area contributed by atoms with Gasteiger partial charge in [-0.05, 0) is 30.5 Å². The molecule has 2 heterocycles. The van der Waals surface area contributed by atoms with Gasteiger partial charge in [0, 0.05) is 45.8 Å². The van der Waals surface area contributed by atoms with Gasteiger partial charge in [0.2, 0.25) is 0 Å². The molecule has 25 heavy (non-hydrogen) atoms. The van der Waals surface area contributed by atoms with Crippen molar-refractivity contribution in [3.05, 3.63) is 29.8 Å². The van der Waals surface area contributed by atoms with Crippen molar-refractivity contribution in [1.29, 1.82) is 0 Å². The molecule has 0 amide bonds. The molecule has 2 aliphatic heterocycles. The van der Waals surface area contributed by atoms with Crippen molar-refractivity contribution in [2.45, 2.75) is 19.4 Å². The average molecular weight is 347 g/mol. The topological polar surface area (TPSA) is 55.3 Å². The molecule has 2 fully saturated rings. The molecule has 1 spiro atoms. The SMILES string of the molecule is CN=C(NCc1ccc(OCCOC)cc1)N1CCC2(CCOC2)C1. The highest BCUT2D eigenvalue weighted by Crippen LogP contribution is 2.38. The normalized spacial score (nSPS) is 23.4. The van der Waals surface area contributed by atoms with Gasteiger partial charge in [0.25, 0.3) is 0 Å². The molecule has 0 bridgehead atoms. The Hall–Kier alpha value is -1.79. The number of nitrogens with one attached hydrogen (secondary N) is 1. The summed E-state index contributed by atoms with van der Waals surface area (Å²) in [6, 6.07) is 8.16. The monoisotopic (exact) mass is 347 g/mol. The highest BCUT2D eigenvalue weighted by atomic mass is 16.5. The van der Waals surface area contributed by atoms with Crippen LogP contribution in [0.15, 0.2) is 29.3 Å². The summed E-state index contributed by atoms with van der Waals surface area (Å²) in [7, 11) is 3.53. The number of guanidine groups is 1. The van der Waals surface area contributed by atoms with Gasteiger partial charge in [0.15, 0.2) is 5.96 Å². The molecule has 1 atom stereocenters. The lowest BCUT2D eigenvalue weighted by Crippen LogP contribution is -2.41. The van der Waals surface area contributed by atoms with Gasteiger partial charge in [-0.3, -0.25) is 4.99 Å². The molecule has 6 heteroatoms. The van der Waals surface area contributed by atoms with E-state index in [9.17, 15) is 0 Å². The number of ether oxygens (including phenoxy) is 3. The third-order valence-electron chi connectivity index (χ3n) is 5.06. The Labute approximate surface area is 150 Å². The van der Waals surface area contributed by atoms with E-state index in [1.807, 2.05) is 19.2 Å². The minimum Gasteiger partial charge on any atom is -0.491 e. The van der Waals surface area contributed by atoms with Crippen LogP contribution in [-0.4, -0.2) is 64.5 Å².